The molecule has 3 nitrogen and oxygen atoms in total. The highest BCUT2D eigenvalue weighted by Crippen LogP contribution is 2.23. The van der Waals surface area contributed by atoms with Gasteiger partial charge in [0.25, 0.3) is 0 Å². The van der Waals surface area contributed by atoms with Crippen LogP contribution in [0.2, 0.25) is 0 Å². The molecule has 0 radical (unpaired) electrons. The number of nitrogen functional groups attached to an aromatic ring is 1. The smallest absolute Gasteiger partial charge is 0.201 e. The first-order valence-corrected chi connectivity index (χ1v) is 7.64. The summed E-state index contributed by atoms with van der Waals surface area (Å²) in [4.78, 5) is 4.37. The number of benzene rings is 1. The molecule has 0 amide bonds. The summed E-state index contributed by atoms with van der Waals surface area (Å²) in [6.45, 7) is 3.15. The lowest BCUT2D eigenvalue weighted by Crippen LogP contribution is -2.07. The Labute approximate surface area is 114 Å². The Bertz CT molecular complexity index is 524. The van der Waals surface area contributed by atoms with Crippen molar-refractivity contribution in [3.05, 3.63) is 22.7 Å². The standard InChI is InChI=1S/C12H16BrN3S/c1-8(17-2)5-6-16-11-7-9(13)3-4-10(11)15-12(16)14/h3-4,7-8H,5-6H2,1-2H3,(H2,14,15). The minimum atomic E-state index is 0.603. The first-order valence-electron chi connectivity index (χ1n) is 5.56. The molecule has 1 heterocycles. The molecule has 1 unspecified atom stereocenters. The number of hydrogen-bond acceptors (Lipinski definition) is 3. The normalized spacial score (nSPS) is 13.1. The van der Waals surface area contributed by atoms with Crippen LogP contribution in [-0.4, -0.2) is 21.1 Å². The zero-order valence-electron chi connectivity index (χ0n) is 9.98. The van der Waals surface area contributed by atoms with Gasteiger partial charge in [-0.2, -0.15) is 11.8 Å². The van der Waals surface area contributed by atoms with E-state index in [0.717, 1.165) is 28.5 Å². The summed E-state index contributed by atoms with van der Waals surface area (Å²) in [7, 11) is 0. The van der Waals surface area contributed by atoms with Crippen molar-refractivity contribution >= 4 is 44.7 Å². The number of anilines is 1. The molecule has 92 valence electrons. The minimum absolute atomic E-state index is 0.603. The Morgan fingerprint density at radius 3 is 3.00 bits per heavy atom. The summed E-state index contributed by atoms with van der Waals surface area (Å²) in [5.74, 6) is 0.603. The Hall–Kier alpha value is -0.680. The van der Waals surface area contributed by atoms with Crippen LogP contribution in [0.25, 0.3) is 11.0 Å². The quantitative estimate of drug-likeness (QED) is 0.939. The molecule has 5 heteroatoms. The number of thioether (sulfide) groups is 1. The average Bonchev–Trinajstić information content (AvgIpc) is 2.61. The van der Waals surface area contributed by atoms with Gasteiger partial charge < -0.3 is 10.3 Å². The molecular formula is C12H16BrN3S. The maximum absolute atomic E-state index is 5.96. The molecule has 1 aromatic carbocycles. The van der Waals surface area contributed by atoms with Gasteiger partial charge in [0, 0.05) is 16.3 Å². The fourth-order valence-electron chi connectivity index (χ4n) is 1.78. The van der Waals surface area contributed by atoms with E-state index in [9.17, 15) is 0 Å². The van der Waals surface area contributed by atoms with Crippen LogP contribution in [0.1, 0.15) is 13.3 Å². The number of aryl methyl sites for hydroxylation is 1. The van der Waals surface area contributed by atoms with Gasteiger partial charge in [-0.05, 0) is 30.9 Å². The molecular weight excluding hydrogens is 298 g/mol. The van der Waals surface area contributed by atoms with E-state index in [-0.39, 0.29) is 0 Å². The van der Waals surface area contributed by atoms with Crippen molar-refractivity contribution in [2.24, 2.45) is 0 Å². The third kappa shape index (κ3) is 2.77. The summed E-state index contributed by atoms with van der Waals surface area (Å²) < 4.78 is 3.15. The van der Waals surface area contributed by atoms with Crippen LogP contribution < -0.4 is 5.73 Å². The number of nitrogens with two attached hydrogens (primary N) is 1. The number of rotatable bonds is 4. The number of halogens is 1. The predicted molar refractivity (Wildman–Crippen MR) is 79.4 cm³/mol. The predicted octanol–water partition coefficient (Wildman–Crippen LogP) is 3.52. The maximum atomic E-state index is 5.96. The van der Waals surface area contributed by atoms with Gasteiger partial charge in [-0.1, -0.05) is 22.9 Å². The number of aromatic nitrogens is 2. The highest BCUT2D eigenvalue weighted by atomic mass is 79.9. The molecule has 0 saturated heterocycles. The van der Waals surface area contributed by atoms with Crippen LogP contribution >= 0.6 is 27.7 Å². The van der Waals surface area contributed by atoms with Crippen LogP contribution in [0.15, 0.2) is 22.7 Å². The molecule has 0 aliphatic carbocycles. The topological polar surface area (TPSA) is 43.8 Å². The number of hydrogen-bond donors (Lipinski definition) is 1. The molecule has 0 aliphatic heterocycles. The lowest BCUT2D eigenvalue weighted by Gasteiger charge is -2.10. The van der Waals surface area contributed by atoms with E-state index >= 15 is 0 Å². The van der Waals surface area contributed by atoms with Gasteiger partial charge >= 0.3 is 0 Å². The fourth-order valence-corrected chi connectivity index (χ4v) is 2.47. The number of nitrogens with zero attached hydrogens (tertiary/aromatic N) is 2. The van der Waals surface area contributed by atoms with E-state index in [4.69, 9.17) is 5.73 Å². The van der Waals surface area contributed by atoms with Gasteiger partial charge in [-0.3, -0.25) is 0 Å². The van der Waals surface area contributed by atoms with Gasteiger partial charge in [0.2, 0.25) is 5.95 Å². The van der Waals surface area contributed by atoms with Crippen molar-refractivity contribution < 1.29 is 0 Å². The number of fused-ring (bicyclic) bond motifs is 1. The number of imidazole rings is 1. The zero-order valence-corrected chi connectivity index (χ0v) is 12.4. The Kier molecular flexibility index (Phi) is 3.99. The summed E-state index contributed by atoms with van der Waals surface area (Å²) >= 11 is 5.36. The van der Waals surface area contributed by atoms with Gasteiger partial charge in [0.1, 0.15) is 0 Å². The van der Waals surface area contributed by atoms with Crippen molar-refractivity contribution in [2.75, 3.05) is 12.0 Å². The molecule has 0 fully saturated rings. The molecule has 2 N–H and O–H groups in total. The van der Waals surface area contributed by atoms with E-state index in [1.54, 1.807) is 0 Å². The van der Waals surface area contributed by atoms with Crippen LogP contribution in [0.3, 0.4) is 0 Å². The minimum Gasteiger partial charge on any atom is -0.369 e. The van der Waals surface area contributed by atoms with Gasteiger partial charge in [-0.25, -0.2) is 4.98 Å². The van der Waals surface area contributed by atoms with E-state index in [0.29, 0.717) is 11.2 Å². The van der Waals surface area contributed by atoms with E-state index in [1.165, 1.54) is 0 Å². The Balaban J connectivity index is 2.32. The lowest BCUT2D eigenvalue weighted by atomic mass is 10.3. The molecule has 17 heavy (non-hydrogen) atoms. The van der Waals surface area contributed by atoms with Gasteiger partial charge in [-0.15, -0.1) is 0 Å². The SMILES string of the molecule is CSC(C)CCn1c(N)nc2ccc(Br)cc21. The zero-order chi connectivity index (χ0) is 12.4. The van der Waals surface area contributed by atoms with Crippen molar-refractivity contribution in [1.82, 2.24) is 9.55 Å². The molecule has 0 saturated carbocycles. The van der Waals surface area contributed by atoms with Crippen molar-refractivity contribution in [1.29, 1.82) is 0 Å². The van der Waals surface area contributed by atoms with Crippen LogP contribution in [-0.2, 0) is 6.54 Å². The molecule has 2 aromatic rings. The molecule has 0 bridgehead atoms. The fraction of sp³-hybridized carbons (Fsp3) is 0.417. The largest absolute Gasteiger partial charge is 0.369 e. The molecule has 1 aromatic heterocycles. The summed E-state index contributed by atoms with van der Waals surface area (Å²) in [5, 5.41) is 0.638. The Morgan fingerprint density at radius 2 is 2.29 bits per heavy atom. The summed E-state index contributed by atoms with van der Waals surface area (Å²) in [6, 6.07) is 6.05. The molecule has 2 rings (SSSR count). The second kappa shape index (κ2) is 5.31. The van der Waals surface area contributed by atoms with E-state index < -0.39 is 0 Å². The van der Waals surface area contributed by atoms with Crippen LogP contribution in [0, 0.1) is 0 Å². The lowest BCUT2D eigenvalue weighted by molar-refractivity contribution is 0.662. The third-order valence-corrected chi connectivity index (χ3v) is 4.44. The Morgan fingerprint density at radius 1 is 1.53 bits per heavy atom. The highest BCUT2D eigenvalue weighted by Gasteiger charge is 2.09. The maximum Gasteiger partial charge on any atom is 0.201 e. The first-order chi connectivity index (χ1) is 8.11. The molecule has 1 atom stereocenters. The third-order valence-electron chi connectivity index (χ3n) is 2.90. The molecule has 0 spiro atoms. The van der Waals surface area contributed by atoms with Gasteiger partial charge in [0.15, 0.2) is 0 Å². The van der Waals surface area contributed by atoms with Crippen LogP contribution in [0.4, 0.5) is 5.95 Å². The highest BCUT2D eigenvalue weighted by molar-refractivity contribution is 9.10. The summed E-state index contributed by atoms with van der Waals surface area (Å²) in [6.07, 6.45) is 3.24. The second-order valence-electron chi connectivity index (χ2n) is 4.09. The average molecular weight is 314 g/mol. The van der Waals surface area contributed by atoms with Crippen molar-refractivity contribution in [3.63, 3.8) is 0 Å². The van der Waals surface area contributed by atoms with Crippen molar-refractivity contribution in [3.8, 4) is 0 Å². The second-order valence-corrected chi connectivity index (χ2v) is 6.28. The van der Waals surface area contributed by atoms with Crippen LogP contribution in [0.5, 0.6) is 0 Å². The van der Waals surface area contributed by atoms with Gasteiger partial charge in [0.05, 0.1) is 11.0 Å². The molecule has 0 aliphatic rings. The van der Waals surface area contributed by atoms with E-state index in [2.05, 4.69) is 44.7 Å². The van der Waals surface area contributed by atoms with E-state index in [1.807, 2.05) is 23.9 Å². The first kappa shape index (κ1) is 12.8. The van der Waals surface area contributed by atoms with Crippen molar-refractivity contribution in [2.45, 2.75) is 25.1 Å². The monoisotopic (exact) mass is 313 g/mol. The summed E-state index contributed by atoms with van der Waals surface area (Å²) in [5.41, 5.74) is 8.02.